The molecule has 1 aromatic rings. The zero-order valence-electron chi connectivity index (χ0n) is 9.17. The number of ether oxygens (including phenoxy) is 1. The molecule has 0 atom stereocenters. The number of benzene rings is 1. The molecular weight excluding hydrogens is 258 g/mol. The van der Waals surface area contributed by atoms with E-state index in [1.807, 2.05) is 19.9 Å². The lowest BCUT2D eigenvalue weighted by Crippen LogP contribution is -2.31. The first-order chi connectivity index (χ1) is 7.02. The Morgan fingerprint density at radius 2 is 2.13 bits per heavy atom. The van der Waals surface area contributed by atoms with Crippen LogP contribution in [0.15, 0.2) is 10.5 Å². The van der Waals surface area contributed by atoms with E-state index in [0.29, 0.717) is 18.0 Å². The van der Waals surface area contributed by atoms with E-state index >= 15 is 0 Å². The Bertz CT molecular complexity index is 368. The summed E-state index contributed by atoms with van der Waals surface area (Å²) in [5.41, 5.74) is 8.35. The molecule has 4 N–H and O–H groups in total. The van der Waals surface area contributed by atoms with Gasteiger partial charge in [0.25, 0.3) is 0 Å². The van der Waals surface area contributed by atoms with Crippen molar-refractivity contribution in [1.29, 1.82) is 0 Å². The number of hydrogen-bond donors (Lipinski definition) is 2. The second-order valence-electron chi connectivity index (χ2n) is 3.23. The van der Waals surface area contributed by atoms with E-state index in [1.165, 1.54) is 0 Å². The fourth-order valence-corrected chi connectivity index (χ4v) is 1.76. The fraction of sp³-hybridized carbons (Fsp3) is 0.400. The van der Waals surface area contributed by atoms with E-state index in [-0.39, 0.29) is 0 Å². The van der Waals surface area contributed by atoms with Gasteiger partial charge in [-0.05, 0) is 25.5 Å². The molecule has 0 amide bonds. The molecular formula is C10H16BrN3O. The topological polar surface area (TPSA) is 64.5 Å². The normalized spacial score (nSPS) is 10.2. The van der Waals surface area contributed by atoms with Crippen molar-refractivity contribution in [2.45, 2.75) is 13.8 Å². The molecule has 0 unspecified atom stereocenters. The first kappa shape index (κ1) is 12.1. The molecule has 0 aliphatic heterocycles. The molecule has 0 fully saturated rings. The van der Waals surface area contributed by atoms with Crippen LogP contribution in [0.4, 0.5) is 11.4 Å². The number of methoxy groups -OCH3 is 1. The lowest BCUT2D eigenvalue weighted by Gasteiger charge is -2.23. The number of hydrazine groups is 1. The molecule has 0 aliphatic carbocycles. The van der Waals surface area contributed by atoms with Gasteiger partial charge in [-0.2, -0.15) is 0 Å². The van der Waals surface area contributed by atoms with E-state index in [0.717, 1.165) is 15.7 Å². The van der Waals surface area contributed by atoms with Crippen LogP contribution in [-0.4, -0.2) is 13.7 Å². The number of rotatable bonds is 3. The van der Waals surface area contributed by atoms with E-state index in [1.54, 1.807) is 12.1 Å². The highest BCUT2D eigenvalue weighted by molar-refractivity contribution is 9.10. The molecule has 0 spiro atoms. The van der Waals surface area contributed by atoms with Gasteiger partial charge >= 0.3 is 0 Å². The van der Waals surface area contributed by atoms with Crippen LogP contribution in [0.5, 0.6) is 5.75 Å². The highest BCUT2D eigenvalue weighted by Gasteiger charge is 2.15. The van der Waals surface area contributed by atoms with Crippen molar-refractivity contribution >= 4 is 27.3 Å². The molecule has 0 aromatic heterocycles. The molecule has 15 heavy (non-hydrogen) atoms. The van der Waals surface area contributed by atoms with Gasteiger partial charge in [-0.15, -0.1) is 0 Å². The van der Waals surface area contributed by atoms with Crippen LogP contribution in [0.3, 0.4) is 0 Å². The quantitative estimate of drug-likeness (QED) is 0.503. The Morgan fingerprint density at radius 1 is 1.53 bits per heavy atom. The summed E-state index contributed by atoms with van der Waals surface area (Å²) in [4.78, 5) is 0. The van der Waals surface area contributed by atoms with Gasteiger partial charge in [0.15, 0.2) is 0 Å². The average Bonchev–Trinajstić information content (AvgIpc) is 2.24. The van der Waals surface area contributed by atoms with E-state index < -0.39 is 0 Å². The number of halogens is 1. The van der Waals surface area contributed by atoms with Crippen LogP contribution in [0.1, 0.15) is 12.5 Å². The Labute approximate surface area is 98.3 Å². The second kappa shape index (κ2) is 4.72. The molecule has 84 valence electrons. The highest BCUT2D eigenvalue weighted by atomic mass is 79.9. The second-order valence-corrected chi connectivity index (χ2v) is 4.09. The molecule has 1 rings (SSSR count). The summed E-state index contributed by atoms with van der Waals surface area (Å²) < 4.78 is 6.17. The predicted octanol–water partition coefficient (Wildman–Crippen LogP) is 2.05. The SMILES string of the molecule is CCN(N)c1c(OC)cc(Br)c(C)c1N. The maximum absolute atomic E-state index is 6.00. The molecule has 1 aromatic carbocycles. The predicted molar refractivity (Wildman–Crippen MR) is 67.1 cm³/mol. The molecule has 0 aliphatic rings. The van der Waals surface area contributed by atoms with Crippen molar-refractivity contribution in [2.24, 2.45) is 5.84 Å². The van der Waals surface area contributed by atoms with Crippen molar-refractivity contribution in [1.82, 2.24) is 0 Å². The van der Waals surface area contributed by atoms with Crippen molar-refractivity contribution in [2.75, 3.05) is 24.4 Å². The van der Waals surface area contributed by atoms with E-state index in [2.05, 4.69) is 15.9 Å². The van der Waals surface area contributed by atoms with Gasteiger partial charge in [0.05, 0.1) is 12.8 Å². The summed E-state index contributed by atoms with van der Waals surface area (Å²) in [6.07, 6.45) is 0. The Kier molecular flexibility index (Phi) is 3.82. The molecule has 5 heteroatoms. The molecule has 0 bridgehead atoms. The standard InChI is InChI=1S/C10H16BrN3O/c1-4-14(13)10-8(15-3)5-7(11)6(2)9(10)12/h5H,4,12-13H2,1-3H3. The Morgan fingerprint density at radius 3 is 2.60 bits per heavy atom. The third-order valence-electron chi connectivity index (χ3n) is 2.36. The summed E-state index contributed by atoms with van der Waals surface area (Å²) in [7, 11) is 1.60. The lowest BCUT2D eigenvalue weighted by molar-refractivity contribution is 0.414. The Hall–Kier alpha value is -0.940. The van der Waals surface area contributed by atoms with Gasteiger partial charge in [-0.1, -0.05) is 15.9 Å². The monoisotopic (exact) mass is 273 g/mol. The van der Waals surface area contributed by atoms with Crippen LogP contribution in [-0.2, 0) is 0 Å². The van der Waals surface area contributed by atoms with Crippen LogP contribution in [0, 0.1) is 6.92 Å². The van der Waals surface area contributed by atoms with E-state index in [9.17, 15) is 0 Å². The van der Waals surface area contributed by atoms with Gasteiger partial charge < -0.3 is 15.5 Å². The number of anilines is 2. The first-order valence-corrected chi connectivity index (χ1v) is 5.47. The van der Waals surface area contributed by atoms with Gasteiger partial charge in [-0.3, -0.25) is 0 Å². The minimum atomic E-state index is 0.644. The smallest absolute Gasteiger partial charge is 0.146 e. The minimum absolute atomic E-state index is 0.644. The van der Waals surface area contributed by atoms with Gasteiger partial charge in [0, 0.05) is 11.0 Å². The van der Waals surface area contributed by atoms with Gasteiger partial charge in [0.1, 0.15) is 11.4 Å². The van der Waals surface area contributed by atoms with Crippen LogP contribution in [0.25, 0.3) is 0 Å². The number of hydrogen-bond acceptors (Lipinski definition) is 4. The van der Waals surface area contributed by atoms with E-state index in [4.69, 9.17) is 16.3 Å². The molecule has 0 radical (unpaired) electrons. The van der Waals surface area contributed by atoms with Gasteiger partial charge in [-0.25, -0.2) is 5.84 Å². The minimum Gasteiger partial charge on any atom is -0.494 e. The number of nitrogen functional groups attached to an aromatic ring is 1. The van der Waals surface area contributed by atoms with Crippen LogP contribution < -0.4 is 21.3 Å². The average molecular weight is 274 g/mol. The summed E-state index contributed by atoms with van der Waals surface area (Å²) in [6.45, 7) is 4.56. The number of nitrogens with two attached hydrogens (primary N) is 2. The zero-order valence-corrected chi connectivity index (χ0v) is 10.8. The van der Waals surface area contributed by atoms with Crippen LogP contribution in [0.2, 0.25) is 0 Å². The summed E-state index contributed by atoms with van der Waals surface area (Å²) in [5, 5.41) is 1.58. The van der Waals surface area contributed by atoms with Gasteiger partial charge in [0.2, 0.25) is 0 Å². The fourth-order valence-electron chi connectivity index (χ4n) is 1.34. The molecule has 4 nitrogen and oxygen atoms in total. The van der Waals surface area contributed by atoms with Crippen molar-refractivity contribution in [3.05, 3.63) is 16.1 Å². The maximum Gasteiger partial charge on any atom is 0.146 e. The van der Waals surface area contributed by atoms with Crippen molar-refractivity contribution in [3.8, 4) is 5.75 Å². The number of nitrogens with zero attached hydrogens (tertiary/aromatic N) is 1. The largest absolute Gasteiger partial charge is 0.494 e. The van der Waals surface area contributed by atoms with Crippen LogP contribution >= 0.6 is 15.9 Å². The maximum atomic E-state index is 6.00. The summed E-state index contributed by atoms with van der Waals surface area (Å²) in [5.74, 6) is 6.52. The summed E-state index contributed by atoms with van der Waals surface area (Å²) >= 11 is 3.42. The first-order valence-electron chi connectivity index (χ1n) is 4.67. The molecule has 0 saturated carbocycles. The van der Waals surface area contributed by atoms with Crippen molar-refractivity contribution in [3.63, 3.8) is 0 Å². The third-order valence-corrected chi connectivity index (χ3v) is 3.18. The zero-order chi connectivity index (χ0) is 11.6. The lowest BCUT2D eigenvalue weighted by atomic mass is 10.1. The molecule has 0 saturated heterocycles. The Balaban J connectivity index is 3.40. The van der Waals surface area contributed by atoms with Crippen molar-refractivity contribution < 1.29 is 4.74 Å². The third kappa shape index (κ3) is 2.18. The highest BCUT2D eigenvalue weighted by Crippen LogP contribution is 2.39. The molecule has 0 heterocycles. The summed E-state index contributed by atoms with van der Waals surface area (Å²) in [6, 6.07) is 1.87.